The van der Waals surface area contributed by atoms with Crippen molar-refractivity contribution in [2.45, 2.75) is 31.7 Å². The van der Waals surface area contributed by atoms with E-state index in [0.717, 1.165) is 12.2 Å². The summed E-state index contributed by atoms with van der Waals surface area (Å²) < 4.78 is 26.6. The first kappa shape index (κ1) is 16.9. The molecule has 3 N–H and O–H groups in total. The van der Waals surface area contributed by atoms with E-state index in [1.807, 2.05) is 19.2 Å². The minimum absolute atomic E-state index is 0.118. The summed E-state index contributed by atoms with van der Waals surface area (Å²) in [5.41, 5.74) is 6.59. The first-order valence-corrected chi connectivity index (χ1v) is 8.28. The molecule has 1 atom stereocenters. The number of hydrogen-bond donors (Lipinski definition) is 2. The number of hydrogen-bond acceptors (Lipinski definition) is 4. The molecular formula is C14H25N3O2S. The number of nitrogens with zero attached hydrogens (tertiary/aromatic N) is 1. The molecule has 1 rings (SSSR count). The van der Waals surface area contributed by atoms with Crippen LogP contribution in [0.15, 0.2) is 29.2 Å². The zero-order chi connectivity index (χ0) is 15.3. The van der Waals surface area contributed by atoms with E-state index in [1.54, 1.807) is 26.0 Å². The van der Waals surface area contributed by atoms with Gasteiger partial charge in [-0.15, -0.1) is 0 Å². The molecule has 0 aromatic heterocycles. The van der Waals surface area contributed by atoms with Crippen molar-refractivity contribution < 1.29 is 8.42 Å². The van der Waals surface area contributed by atoms with Crippen LogP contribution in [-0.4, -0.2) is 34.6 Å². The third kappa shape index (κ3) is 4.77. The number of benzene rings is 1. The quantitative estimate of drug-likeness (QED) is 0.798. The van der Waals surface area contributed by atoms with Crippen LogP contribution in [0.2, 0.25) is 0 Å². The van der Waals surface area contributed by atoms with Gasteiger partial charge < -0.3 is 10.6 Å². The summed E-state index contributed by atoms with van der Waals surface area (Å²) in [6, 6.07) is 6.77. The summed E-state index contributed by atoms with van der Waals surface area (Å²) in [4.78, 5) is 2.36. The maximum atomic E-state index is 12.0. The summed E-state index contributed by atoms with van der Waals surface area (Å²) in [6.07, 6.45) is 0. The van der Waals surface area contributed by atoms with Crippen molar-refractivity contribution in [1.82, 2.24) is 4.72 Å². The lowest BCUT2D eigenvalue weighted by atomic mass is 10.1. The molecular weight excluding hydrogens is 274 g/mol. The Kier molecular flexibility index (Phi) is 5.98. The third-order valence-electron chi connectivity index (χ3n) is 2.97. The van der Waals surface area contributed by atoms with Gasteiger partial charge in [0.15, 0.2) is 0 Å². The molecule has 0 heterocycles. The molecule has 0 bridgehead atoms. The normalized spacial score (nSPS) is 13.5. The minimum atomic E-state index is -3.42. The van der Waals surface area contributed by atoms with Crippen molar-refractivity contribution in [2.24, 2.45) is 11.7 Å². The number of sulfonamides is 1. The molecule has 1 aromatic rings. The molecule has 0 aliphatic carbocycles. The highest BCUT2D eigenvalue weighted by molar-refractivity contribution is 7.89. The second-order valence-electron chi connectivity index (χ2n) is 5.49. The van der Waals surface area contributed by atoms with E-state index in [0.29, 0.717) is 12.5 Å². The van der Waals surface area contributed by atoms with Gasteiger partial charge in [0, 0.05) is 25.3 Å². The van der Waals surface area contributed by atoms with Crippen LogP contribution in [0, 0.1) is 5.92 Å². The van der Waals surface area contributed by atoms with E-state index < -0.39 is 10.0 Å². The lowest BCUT2D eigenvalue weighted by Gasteiger charge is -2.23. The number of nitrogens with one attached hydrogen (secondary N) is 1. The Morgan fingerprint density at radius 2 is 1.75 bits per heavy atom. The molecule has 0 aliphatic rings. The van der Waals surface area contributed by atoms with Gasteiger partial charge in [0.05, 0.1) is 4.90 Å². The van der Waals surface area contributed by atoms with Gasteiger partial charge in [0.1, 0.15) is 0 Å². The molecule has 20 heavy (non-hydrogen) atoms. The lowest BCUT2D eigenvalue weighted by molar-refractivity contribution is 0.569. The fourth-order valence-corrected chi connectivity index (χ4v) is 3.16. The van der Waals surface area contributed by atoms with E-state index in [1.165, 1.54) is 0 Å². The van der Waals surface area contributed by atoms with Gasteiger partial charge in [-0.3, -0.25) is 0 Å². The zero-order valence-electron chi connectivity index (χ0n) is 12.6. The fourth-order valence-electron chi connectivity index (χ4n) is 1.91. The second kappa shape index (κ2) is 7.06. The summed E-state index contributed by atoms with van der Waals surface area (Å²) >= 11 is 0. The molecule has 114 valence electrons. The van der Waals surface area contributed by atoms with E-state index >= 15 is 0 Å². The van der Waals surface area contributed by atoms with E-state index in [4.69, 9.17) is 5.73 Å². The van der Waals surface area contributed by atoms with E-state index in [2.05, 4.69) is 16.5 Å². The van der Waals surface area contributed by atoms with Gasteiger partial charge >= 0.3 is 0 Å². The Hall–Kier alpha value is -1.11. The zero-order valence-corrected chi connectivity index (χ0v) is 13.4. The summed E-state index contributed by atoms with van der Waals surface area (Å²) in [6.45, 7) is 7.16. The van der Waals surface area contributed by atoms with E-state index in [9.17, 15) is 8.42 Å². The van der Waals surface area contributed by atoms with Crippen LogP contribution in [0.25, 0.3) is 0 Å². The Morgan fingerprint density at radius 3 is 2.20 bits per heavy atom. The van der Waals surface area contributed by atoms with Crippen molar-refractivity contribution in [3.05, 3.63) is 24.3 Å². The van der Waals surface area contributed by atoms with Crippen LogP contribution in [0.3, 0.4) is 0 Å². The second-order valence-corrected chi connectivity index (χ2v) is 7.21. The maximum Gasteiger partial charge on any atom is 0.240 e. The van der Waals surface area contributed by atoms with Crippen molar-refractivity contribution in [2.75, 3.05) is 25.0 Å². The average Bonchev–Trinajstić information content (AvgIpc) is 2.37. The monoisotopic (exact) mass is 299 g/mol. The first-order chi connectivity index (χ1) is 9.26. The van der Waals surface area contributed by atoms with Crippen LogP contribution in [-0.2, 0) is 10.0 Å². The largest absolute Gasteiger partial charge is 0.374 e. The first-order valence-electron chi connectivity index (χ1n) is 6.80. The molecule has 6 heteroatoms. The highest BCUT2D eigenvalue weighted by Gasteiger charge is 2.15. The fraction of sp³-hybridized carbons (Fsp3) is 0.571. The standard InChI is InChI=1S/C14H25N3O2S/c1-11(2)16-20(18,19)14-7-5-13(6-8-14)17(4)10-12(3)9-15/h5-8,11-12,16H,9-10,15H2,1-4H3. The van der Waals surface area contributed by atoms with Crippen molar-refractivity contribution in [3.63, 3.8) is 0 Å². The van der Waals surface area contributed by atoms with E-state index in [-0.39, 0.29) is 10.9 Å². The Labute approximate surface area is 122 Å². The molecule has 0 amide bonds. The van der Waals surface area contributed by atoms with Gasteiger partial charge in [-0.05, 0) is 50.6 Å². The Balaban J connectivity index is 2.83. The van der Waals surface area contributed by atoms with Gasteiger partial charge in [-0.25, -0.2) is 13.1 Å². The Bertz CT molecular complexity index is 512. The Morgan fingerprint density at radius 1 is 1.20 bits per heavy atom. The van der Waals surface area contributed by atoms with Gasteiger partial charge in [0.25, 0.3) is 0 Å². The maximum absolute atomic E-state index is 12.0. The lowest BCUT2D eigenvalue weighted by Crippen LogP contribution is -2.30. The van der Waals surface area contributed by atoms with Gasteiger partial charge in [-0.1, -0.05) is 6.92 Å². The topological polar surface area (TPSA) is 75.4 Å². The molecule has 0 saturated heterocycles. The highest BCUT2D eigenvalue weighted by Crippen LogP contribution is 2.18. The molecule has 1 aromatic carbocycles. The molecule has 0 aliphatic heterocycles. The van der Waals surface area contributed by atoms with Crippen molar-refractivity contribution in [3.8, 4) is 0 Å². The number of nitrogens with two attached hydrogens (primary N) is 1. The molecule has 0 spiro atoms. The summed E-state index contributed by atoms with van der Waals surface area (Å²) in [5, 5.41) is 0. The van der Waals surface area contributed by atoms with Gasteiger partial charge in [-0.2, -0.15) is 0 Å². The minimum Gasteiger partial charge on any atom is -0.374 e. The molecule has 0 radical (unpaired) electrons. The van der Waals surface area contributed by atoms with Crippen LogP contribution >= 0.6 is 0 Å². The SMILES string of the molecule is CC(CN)CN(C)c1ccc(S(=O)(=O)NC(C)C)cc1. The van der Waals surface area contributed by atoms with Crippen molar-refractivity contribution >= 4 is 15.7 Å². The van der Waals surface area contributed by atoms with Crippen LogP contribution in [0.4, 0.5) is 5.69 Å². The number of anilines is 1. The van der Waals surface area contributed by atoms with Crippen LogP contribution in [0.1, 0.15) is 20.8 Å². The van der Waals surface area contributed by atoms with Crippen LogP contribution in [0.5, 0.6) is 0 Å². The molecule has 1 unspecified atom stereocenters. The predicted molar refractivity (Wildman–Crippen MR) is 83.4 cm³/mol. The molecule has 0 fully saturated rings. The smallest absolute Gasteiger partial charge is 0.240 e. The number of rotatable bonds is 7. The predicted octanol–water partition coefficient (Wildman–Crippen LogP) is 1.40. The highest BCUT2D eigenvalue weighted by atomic mass is 32.2. The summed E-state index contributed by atoms with van der Waals surface area (Å²) in [7, 11) is -1.44. The van der Waals surface area contributed by atoms with Crippen LogP contribution < -0.4 is 15.4 Å². The molecule has 0 saturated carbocycles. The van der Waals surface area contributed by atoms with Crippen molar-refractivity contribution in [1.29, 1.82) is 0 Å². The molecule has 5 nitrogen and oxygen atoms in total. The van der Waals surface area contributed by atoms with Gasteiger partial charge in [0.2, 0.25) is 10.0 Å². The third-order valence-corrected chi connectivity index (χ3v) is 4.64. The average molecular weight is 299 g/mol. The summed E-state index contributed by atoms with van der Waals surface area (Å²) in [5.74, 6) is 0.394.